The average Bonchev–Trinajstić information content (AvgIpc) is 2.74. The van der Waals surface area contributed by atoms with Crippen LogP contribution < -0.4 is 5.32 Å². The number of hydrogen-bond acceptors (Lipinski definition) is 7. The summed E-state index contributed by atoms with van der Waals surface area (Å²) in [6.45, 7) is 2.66. The first-order valence-corrected chi connectivity index (χ1v) is 6.47. The van der Waals surface area contributed by atoms with E-state index in [9.17, 15) is 10.1 Å². The Morgan fingerprint density at radius 3 is 3.00 bits per heavy atom. The van der Waals surface area contributed by atoms with E-state index in [-0.39, 0.29) is 17.0 Å². The first kappa shape index (κ1) is 13.0. The Morgan fingerprint density at radius 1 is 1.67 bits per heavy atom. The Labute approximate surface area is 108 Å². The van der Waals surface area contributed by atoms with E-state index in [2.05, 4.69) is 15.3 Å². The molecule has 98 valence electrons. The van der Waals surface area contributed by atoms with Crippen molar-refractivity contribution in [1.82, 2.24) is 9.97 Å². The summed E-state index contributed by atoms with van der Waals surface area (Å²) >= 11 is 1.39. The summed E-state index contributed by atoms with van der Waals surface area (Å²) in [5, 5.41) is 14.3. The summed E-state index contributed by atoms with van der Waals surface area (Å²) in [5.41, 5.74) is -0.0573. The van der Waals surface area contributed by atoms with Gasteiger partial charge in [-0.05, 0) is 13.3 Å². The Hall–Kier alpha value is -1.41. The smallest absolute Gasteiger partial charge is 0.319 e. The van der Waals surface area contributed by atoms with Gasteiger partial charge in [-0.2, -0.15) is 4.98 Å². The topological polar surface area (TPSA) is 90.2 Å². The number of anilines is 1. The Kier molecular flexibility index (Phi) is 3.97. The van der Waals surface area contributed by atoms with Crippen LogP contribution in [0.1, 0.15) is 13.3 Å². The van der Waals surface area contributed by atoms with Crippen molar-refractivity contribution in [2.75, 3.05) is 19.0 Å². The fourth-order valence-electron chi connectivity index (χ4n) is 1.70. The highest BCUT2D eigenvalue weighted by molar-refractivity contribution is 8.00. The van der Waals surface area contributed by atoms with Gasteiger partial charge in [-0.3, -0.25) is 10.1 Å². The van der Waals surface area contributed by atoms with E-state index in [0.717, 1.165) is 6.42 Å². The third-order valence-electron chi connectivity index (χ3n) is 2.73. The largest absolute Gasteiger partial charge is 0.377 e. The lowest BCUT2D eigenvalue weighted by Gasteiger charge is -2.12. The second-order valence-corrected chi connectivity index (χ2v) is 5.14. The molecule has 2 rings (SSSR count). The molecule has 1 saturated heterocycles. The maximum absolute atomic E-state index is 10.9. The number of nitrogens with zero attached hydrogens (tertiary/aromatic N) is 3. The molecule has 1 fully saturated rings. The molecule has 2 heterocycles. The summed E-state index contributed by atoms with van der Waals surface area (Å²) in [6, 6.07) is 0. The van der Waals surface area contributed by atoms with E-state index < -0.39 is 4.92 Å². The van der Waals surface area contributed by atoms with Crippen molar-refractivity contribution in [3.05, 3.63) is 16.3 Å². The minimum Gasteiger partial charge on any atom is -0.377 e. The average molecular weight is 270 g/mol. The van der Waals surface area contributed by atoms with Crippen LogP contribution in [-0.2, 0) is 4.74 Å². The first-order chi connectivity index (χ1) is 8.61. The van der Waals surface area contributed by atoms with Crippen LogP contribution in [0.3, 0.4) is 0 Å². The van der Waals surface area contributed by atoms with E-state index in [1.165, 1.54) is 18.0 Å². The third kappa shape index (κ3) is 2.70. The zero-order valence-electron chi connectivity index (χ0n) is 10.1. The molecule has 0 radical (unpaired) electrons. The van der Waals surface area contributed by atoms with Crippen molar-refractivity contribution >= 4 is 23.4 Å². The number of hydrogen-bond donors (Lipinski definition) is 1. The minimum atomic E-state index is -0.456. The number of nitro groups is 1. The van der Waals surface area contributed by atoms with Crippen LogP contribution in [-0.4, -0.2) is 39.9 Å². The number of aromatic nitrogens is 2. The molecule has 18 heavy (non-hydrogen) atoms. The van der Waals surface area contributed by atoms with E-state index in [0.29, 0.717) is 17.6 Å². The molecule has 0 aromatic carbocycles. The zero-order valence-corrected chi connectivity index (χ0v) is 10.9. The van der Waals surface area contributed by atoms with Gasteiger partial charge in [0.1, 0.15) is 6.20 Å². The summed E-state index contributed by atoms with van der Waals surface area (Å²) in [4.78, 5) is 18.5. The zero-order chi connectivity index (χ0) is 13.1. The van der Waals surface area contributed by atoms with Gasteiger partial charge in [-0.1, -0.05) is 11.8 Å². The molecule has 0 amide bonds. The molecule has 0 spiro atoms. The van der Waals surface area contributed by atoms with Crippen molar-refractivity contribution in [3.8, 4) is 0 Å². The molecule has 7 nitrogen and oxygen atoms in total. The lowest BCUT2D eigenvalue weighted by atomic mass is 10.3. The molecule has 1 aromatic heterocycles. The maximum atomic E-state index is 10.9. The Balaban J connectivity index is 2.25. The normalized spacial score (nSPS) is 23.0. The molecule has 0 saturated carbocycles. The second-order valence-electron chi connectivity index (χ2n) is 3.91. The van der Waals surface area contributed by atoms with Crippen molar-refractivity contribution < 1.29 is 9.66 Å². The third-order valence-corrected chi connectivity index (χ3v) is 4.17. The monoisotopic (exact) mass is 270 g/mol. The molecule has 0 bridgehead atoms. The summed E-state index contributed by atoms with van der Waals surface area (Å²) in [6.07, 6.45) is 2.20. The number of thioether (sulfide) groups is 1. The van der Waals surface area contributed by atoms with Crippen LogP contribution in [0.5, 0.6) is 0 Å². The van der Waals surface area contributed by atoms with Crippen LogP contribution in [0.2, 0.25) is 0 Å². The fourth-order valence-corrected chi connectivity index (χ4v) is 2.86. The van der Waals surface area contributed by atoms with Gasteiger partial charge < -0.3 is 10.1 Å². The van der Waals surface area contributed by atoms with Gasteiger partial charge in [-0.25, -0.2) is 4.98 Å². The molecule has 8 heteroatoms. The van der Waals surface area contributed by atoms with Crippen molar-refractivity contribution in [3.63, 3.8) is 0 Å². The summed E-state index contributed by atoms with van der Waals surface area (Å²) in [7, 11) is 1.68. The van der Waals surface area contributed by atoms with Gasteiger partial charge in [-0.15, -0.1) is 0 Å². The van der Waals surface area contributed by atoms with Gasteiger partial charge >= 0.3 is 5.69 Å². The van der Waals surface area contributed by atoms with Gasteiger partial charge in [0.15, 0.2) is 5.03 Å². The molecule has 1 N–H and O–H groups in total. The Bertz CT molecular complexity index is 457. The van der Waals surface area contributed by atoms with Crippen molar-refractivity contribution in [2.45, 2.75) is 29.7 Å². The molecule has 2 atom stereocenters. The predicted octanol–water partition coefficient (Wildman–Crippen LogP) is 1.70. The van der Waals surface area contributed by atoms with Crippen molar-refractivity contribution in [2.24, 2.45) is 0 Å². The quantitative estimate of drug-likeness (QED) is 0.506. The second kappa shape index (κ2) is 5.49. The van der Waals surface area contributed by atoms with Gasteiger partial charge in [0.05, 0.1) is 11.0 Å². The summed E-state index contributed by atoms with van der Waals surface area (Å²) < 4.78 is 5.44. The number of nitrogens with one attached hydrogen (secondary N) is 1. The van der Waals surface area contributed by atoms with Gasteiger partial charge in [0.2, 0.25) is 5.95 Å². The van der Waals surface area contributed by atoms with E-state index in [1.807, 2.05) is 6.92 Å². The predicted molar refractivity (Wildman–Crippen MR) is 67.9 cm³/mol. The van der Waals surface area contributed by atoms with Gasteiger partial charge in [0.25, 0.3) is 0 Å². The molecule has 1 aliphatic heterocycles. The molecule has 1 aromatic rings. The van der Waals surface area contributed by atoms with Crippen LogP contribution in [0, 0.1) is 10.1 Å². The highest BCUT2D eigenvalue weighted by Crippen LogP contribution is 2.36. The minimum absolute atomic E-state index is 0.0573. The standard InChI is InChI=1S/C10H14N4O3S/c1-6-8(3-4-17-6)18-9-7(14(15)16)5-12-10(11-2)13-9/h5-6,8H,3-4H2,1-2H3,(H,11,12,13). The Morgan fingerprint density at radius 2 is 2.44 bits per heavy atom. The van der Waals surface area contributed by atoms with Gasteiger partial charge in [0, 0.05) is 18.9 Å². The molecule has 2 unspecified atom stereocenters. The number of rotatable bonds is 4. The molecular weight excluding hydrogens is 256 g/mol. The van der Waals surface area contributed by atoms with Crippen LogP contribution in [0.25, 0.3) is 0 Å². The highest BCUT2D eigenvalue weighted by Gasteiger charge is 2.29. The lowest BCUT2D eigenvalue weighted by Crippen LogP contribution is -2.14. The SMILES string of the molecule is CNc1ncc([N+](=O)[O-])c(SC2CCOC2C)n1. The van der Waals surface area contributed by atoms with Crippen LogP contribution in [0.4, 0.5) is 11.6 Å². The van der Waals surface area contributed by atoms with Crippen LogP contribution >= 0.6 is 11.8 Å². The molecule has 0 aliphatic carbocycles. The van der Waals surface area contributed by atoms with E-state index >= 15 is 0 Å². The fraction of sp³-hybridized carbons (Fsp3) is 0.600. The van der Waals surface area contributed by atoms with E-state index in [4.69, 9.17) is 4.74 Å². The first-order valence-electron chi connectivity index (χ1n) is 5.59. The maximum Gasteiger partial charge on any atom is 0.319 e. The molecular formula is C10H14N4O3S. The number of ether oxygens (including phenoxy) is 1. The highest BCUT2D eigenvalue weighted by atomic mass is 32.2. The van der Waals surface area contributed by atoms with Crippen LogP contribution in [0.15, 0.2) is 11.2 Å². The molecule has 1 aliphatic rings. The summed E-state index contributed by atoms with van der Waals surface area (Å²) in [5.74, 6) is 0.384. The lowest BCUT2D eigenvalue weighted by molar-refractivity contribution is -0.388. The van der Waals surface area contributed by atoms with Crippen molar-refractivity contribution in [1.29, 1.82) is 0 Å². The van der Waals surface area contributed by atoms with E-state index in [1.54, 1.807) is 7.05 Å².